The number of carbonyl (C=O) groups excluding carboxylic acids is 1. The summed E-state index contributed by atoms with van der Waals surface area (Å²) >= 11 is 1.56. The molecule has 2 aromatic rings. The topological polar surface area (TPSA) is 33.2 Å². The third-order valence-corrected chi connectivity index (χ3v) is 5.23. The minimum atomic E-state index is 0.202. The van der Waals surface area contributed by atoms with E-state index in [0.717, 1.165) is 35.8 Å². The average Bonchev–Trinajstić information content (AvgIpc) is 3.21. The molecular formula is C19H24N2OS. The zero-order chi connectivity index (χ0) is 16.1. The summed E-state index contributed by atoms with van der Waals surface area (Å²) in [6, 6.07) is 8.72. The zero-order valence-electron chi connectivity index (χ0n) is 13.8. The number of nitrogens with zero attached hydrogens (tertiary/aromatic N) is 2. The van der Waals surface area contributed by atoms with Crippen LogP contribution in [-0.2, 0) is 11.2 Å². The lowest BCUT2D eigenvalue weighted by Crippen LogP contribution is -2.23. The number of rotatable bonds is 7. The van der Waals surface area contributed by atoms with Crippen molar-refractivity contribution < 1.29 is 4.79 Å². The molecule has 0 unspecified atom stereocenters. The second-order valence-electron chi connectivity index (χ2n) is 6.17. The van der Waals surface area contributed by atoms with Gasteiger partial charge in [-0.2, -0.15) is 0 Å². The lowest BCUT2D eigenvalue weighted by atomic mass is 10.0. The molecular weight excluding hydrogens is 304 g/mol. The predicted molar refractivity (Wildman–Crippen MR) is 97.0 cm³/mol. The first-order valence-electron chi connectivity index (χ1n) is 8.63. The highest BCUT2D eigenvalue weighted by Crippen LogP contribution is 2.30. The molecule has 0 saturated carbocycles. The summed E-state index contributed by atoms with van der Waals surface area (Å²) in [7, 11) is 0. The molecule has 0 N–H and O–H groups in total. The first kappa shape index (κ1) is 16.2. The molecule has 1 aliphatic heterocycles. The fraction of sp³-hybridized carbons (Fsp3) is 0.474. The fourth-order valence-electron chi connectivity index (χ4n) is 2.97. The van der Waals surface area contributed by atoms with Crippen molar-refractivity contribution in [2.75, 3.05) is 11.4 Å². The van der Waals surface area contributed by atoms with Crippen LogP contribution in [0, 0.1) is 0 Å². The van der Waals surface area contributed by atoms with Gasteiger partial charge in [0.25, 0.3) is 0 Å². The summed E-state index contributed by atoms with van der Waals surface area (Å²) in [6.07, 6.45) is 7.95. The number of hydrogen-bond acceptors (Lipinski definition) is 3. The van der Waals surface area contributed by atoms with Crippen LogP contribution in [0.5, 0.6) is 0 Å². The Balaban J connectivity index is 1.63. The van der Waals surface area contributed by atoms with Crippen molar-refractivity contribution in [1.82, 2.24) is 4.98 Å². The van der Waals surface area contributed by atoms with Crippen LogP contribution in [0.15, 0.2) is 29.6 Å². The number of hydrogen-bond donors (Lipinski definition) is 0. The zero-order valence-corrected chi connectivity index (χ0v) is 14.6. The Hall–Kier alpha value is -1.68. The van der Waals surface area contributed by atoms with E-state index in [1.165, 1.54) is 31.2 Å². The highest BCUT2D eigenvalue weighted by molar-refractivity contribution is 7.14. The van der Waals surface area contributed by atoms with Crippen molar-refractivity contribution in [3.8, 4) is 11.3 Å². The Kier molecular flexibility index (Phi) is 5.44. The van der Waals surface area contributed by atoms with Gasteiger partial charge in [-0.3, -0.25) is 9.69 Å². The van der Waals surface area contributed by atoms with E-state index in [9.17, 15) is 4.79 Å². The molecule has 1 amide bonds. The summed E-state index contributed by atoms with van der Waals surface area (Å²) < 4.78 is 0. The Morgan fingerprint density at radius 2 is 2.00 bits per heavy atom. The number of amides is 1. The van der Waals surface area contributed by atoms with Gasteiger partial charge in [0.15, 0.2) is 5.13 Å². The Morgan fingerprint density at radius 1 is 1.17 bits per heavy atom. The van der Waals surface area contributed by atoms with Gasteiger partial charge < -0.3 is 0 Å². The first-order chi connectivity index (χ1) is 11.3. The van der Waals surface area contributed by atoms with Crippen LogP contribution in [-0.4, -0.2) is 17.4 Å². The molecule has 1 fully saturated rings. The number of carbonyl (C=O) groups is 1. The van der Waals surface area contributed by atoms with Crippen molar-refractivity contribution >= 4 is 22.4 Å². The van der Waals surface area contributed by atoms with E-state index in [-0.39, 0.29) is 5.91 Å². The van der Waals surface area contributed by atoms with Crippen molar-refractivity contribution in [3.63, 3.8) is 0 Å². The van der Waals surface area contributed by atoms with Gasteiger partial charge >= 0.3 is 0 Å². The summed E-state index contributed by atoms with van der Waals surface area (Å²) in [6.45, 7) is 3.05. The molecule has 0 spiro atoms. The first-order valence-corrected chi connectivity index (χ1v) is 9.51. The summed E-state index contributed by atoms with van der Waals surface area (Å²) in [4.78, 5) is 18.3. The SMILES string of the molecule is CCCCCCc1ccc(-c2csc(N3CCCC3=O)n2)cc1. The van der Waals surface area contributed by atoms with Gasteiger partial charge in [-0.1, -0.05) is 50.5 Å². The van der Waals surface area contributed by atoms with Gasteiger partial charge in [-0.05, 0) is 24.8 Å². The third-order valence-electron chi connectivity index (χ3n) is 4.37. The molecule has 1 aromatic carbocycles. The molecule has 0 bridgehead atoms. The Morgan fingerprint density at radius 3 is 2.70 bits per heavy atom. The van der Waals surface area contributed by atoms with E-state index in [4.69, 9.17) is 0 Å². The van der Waals surface area contributed by atoms with E-state index in [2.05, 4.69) is 41.6 Å². The summed E-state index contributed by atoms with van der Waals surface area (Å²) in [5.74, 6) is 0.202. The van der Waals surface area contributed by atoms with Crippen molar-refractivity contribution in [1.29, 1.82) is 0 Å². The molecule has 1 saturated heterocycles. The number of thiazole rings is 1. The molecule has 23 heavy (non-hydrogen) atoms. The van der Waals surface area contributed by atoms with Crippen LogP contribution in [0.3, 0.4) is 0 Å². The quantitative estimate of drug-likeness (QED) is 0.666. The highest BCUT2D eigenvalue weighted by atomic mass is 32.1. The lowest BCUT2D eigenvalue weighted by molar-refractivity contribution is -0.117. The molecule has 1 aliphatic rings. The van der Waals surface area contributed by atoms with E-state index in [0.29, 0.717) is 6.42 Å². The smallest absolute Gasteiger partial charge is 0.228 e. The second-order valence-corrected chi connectivity index (χ2v) is 7.01. The molecule has 0 atom stereocenters. The molecule has 1 aromatic heterocycles. The highest BCUT2D eigenvalue weighted by Gasteiger charge is 2.24. The number of benzene rings is 1. The van der Waals surface area contributed by atoms with Crippen LogP contribution >= 0.6 is 11.3 Å². The molecule has 122 valence electrons. The number of unbranched alkanes of at least 4 members (excludes halogenated alkanes) is 3. The summed E-state index contributed by atoms with van der Waals surface area (Å²) in [5, 5.41) is 2.89. The van der Waals surface area contributed by atoms with Crippen LogP contribution in [0.25, 0.3) is 11.3 Å². The monoisotopic (exact) mass is 328 g/mol. The van der Waals surface area contributed by atoms with Gasteiger partial charge in [0, 0.05) is 23.9 Å². The molecule has 0 aliphatic carbocycles. The van der Waals surface area contributed by atoms with Crippen molar-refractivity contribution in [2.24, 2.45) is 0 Å². The van der Waals surface area contributed by atoms with Gasteiger partial charge in [0.2, 0.25) is 5.91 Å². The Labute approximate surface area is 142 Å². The second kappa shape index (κ2) is 7.73. The third kappa shape index (κ3) is 3.99. The number of aromatic nitrogens is 1. The Bertz CT molecular complexity index is 648. The largest absolute Gasteiger partial charge is 0.288 e. The van der Waals surface area contributed by atoms with Gasteiger partial charge in [-0.25, -0.2) is 4.98 Å². The van der Waals surface area contributed by atoms with E-state index in [1.54, 1.807) is 11.3 Å². The molecule has 0 radical (unpaired) electrons. The maximum atomic E-state index is 11.8. The summed E-state index contributed by atoms with van der Waals surface area (Å²) in [5.41, 5.74) is 3.51. The van der Waals surface area contributed by atoms with E-state index >= 15 is 0 Å². The maximum Gasteiger partial charge on any atom is 0.228 e. The standard InChI is InChI=1S/C19H24N2OS/c1-2-3-4-5-7-15-9-11-16(12-10-15)17-14-23-19(20-17)21-13-6-8-18(21)22/h9-12,14H,2-8,13H2,1H3. The van der Waals surface area contributed by atoms with E-state index < -0.39 is 0 Å². The molecule has 3 rings (SSSR count). The fourth-order valence-corrected chi connectivity index (χ4v) is 3.85. The van der Waals surface area contributed by atoms with Gasteiger partial charge in [-0.15, -0.1) is 11.3 Å². The molecule has 4 heteroatoms. The number of anilines is 1. The van der Waals surface area contributed by atoms with Crippen molar-refractivity contribution in [3.05, 3.63) is 35.2 Å². The van der Waals surface area contributed by atoms with Crippen molar-refractivity contribution in [2.45, 2.75) is 51.9 Å². The lowest BCUT2D eigenvalue weighted by Gasteiger charge is -2.10. The minimum absolute atomic E-state index is 0.202. The molecule has 3 nitrogen and oxygen atoms in total. The number of aryl methyl sites for hydroxylation is 1. The molecule has 2 heterocycles. The average molecular weight is 328 g/mol. The maximum absolute atomic E-state index is 11.8. The van der Waals surface area contributed by atoms with Gasteiger partial charge in [0.1, 0.15) is 0 Å². The minimum Gasteiger partial charge on any atom is -0.288 e. The van der Waals surface area contributed by atoms with Crippen LogP contribution < -0.4 is 4.90 Å². The van der Waals surface area contributed by atoms with Gasteiger partial charge in [0.05, 0.1) is 5.69 Å². The normalized spacial score (nSPS) is 14.7. The van der Waals surface area contributed by atoms with Crippen LogP contribution in [0.2, 0.25) is 0 Å². The van der Waals surface area contributed by atoms with Crippen LogP contribution in [0.4, 0.5) is 5.13 Å². The predicted octanol–water partition coefficient (Wildman–Crippen LogP) is 5.06. The van der Waals surface area contributed by atoms with Crippen LogP contribution in [0.1, 0.15) is 51.0 Å². The van der Waals surface area contributed by atoms with E-state index in [1.807, 2.05) is 4.90 Å².